The molecule has 0 fully saturated rings. The van der Waals surface area contributed by atoms with Gasteiger partial charge in [0.1, 0.15) is 28.8 Å². The summed E-state index contributed by atoms with van der Waals surface area (Å²) in [6.07, 6.45) is 0. The van der Waals surface area contributed by atoms with Crippen LogP contribution in [0.3, 0.4) is 0 Å². The Morgan fingerprint density at radius 1 is 1.36 bits per heavy atom. The Labute approximate surface area is 125 Å². The number of pyridine rings is 1. The zero-order chi connectivity index (χ0) is 16.3. The molecule has 0 amide bonds. The highest BCUT2D eigenvalue weighted by Crippen LogP contribution is 2.36. The largest absolute Gasteiger partial charge is 0.480 e. The molecule has 0 radical (unpaired) electrons. The maximum atomic E-state index is 14.1. The normalized spacial score (nSPS) is 9.91. The average molecular weight is 301 g/mol. The highest BCUT2D eigenvalue weighted by Gasteiger charge is 2.27. The van der Waals surface area contributed by atoms with Crippen LogP contribution in [0.1, 0.15) is 15.9 Å². The van der Waals surface area contributed by atoms with Crippen molar-refractivity contribution in [2.75, 3.05) is 20.0 Å². The molecule has 1 aromatic heterocycles. The fourth-order valence-corrected chi connectivity index (χ4v) is 2.07. The van der Waals surface area contributed by atoms with E-state index in [0.29, 0.717) is 0 Å². The Morgan fingerprint density at radius 3 is 2.59 bits per heavy atom. The van der Waals surface area contributed by atoms with Gasteiger partial charge in [-0.3, -0.25) is 0 Å². The van der Waals surface area contributed by atoms with E-state index in [4.69, 9.17) is 10.5 Å². The van der Waals surface area contributed by atoms with Crippen LogP contribution in [0.4, 0.5) is 10.2 Å². The van der Waals surface area contributed by atoms with Gasteiger partial charge >= 0.3 is 5.97 Å². The summed E-state index contributed by atoms with van der Waals surface area (Å²) in [5.74, 6) is -1.72. The van der Waals surface area contributed by atoms with Crippen molar-refractivity contribution in [3.05, 3.63) is 41.2 Å². The Bertz CT molecular complexity index is 784. The zero-order valence-corrected chi connectivity index (χ0v) is 11.9. The number of nitrogens with zero attached hydrogens (tertiary/aromatic N) is 2. The molecule has 7 heteroatoms. The number of benzene rings is 1. The number of halogens is 1. The van der Waals surface area contributed by atoms with E-state index in [1.54, 1.807) is 6.07 Å². The third kappa shape index (κ3) is 2.42. The molecule has 6 nitrogen and oxygen atoms in total. The van der Waals surface area contributed by atoms with Gasteiger partial charge in [0.15, 0.2) is 0 Å². The highest BCUT2D eigenvalue weighted by atomic mass is 19.1. The molecule has 2 aromatic rings. The third-order valence-corrected chi connectivity index (χ3v) is 3.03. The molecular formula is C15H12FN3O3. The number of rotatable bonds is 3. The molecule has 2 rings (SSSR count). The smallest absolute Gasteiger partial charge is 0.344 e. The molecule has 1 heterocycles. The van der Waals surface area contributed by atoms with Crippen LogP contribution >= 0.6 is 0 Å². The number of carbonyl (C=O) groups excluding carboxylic acids is 1. The monoisotopic (exact) mass is 301 g/mol. The van der Waals surface area contributed by atoms with E-state index in [1.807, 2.05) is 6.07 Å². The molecule has 1 aromatic carbocycles. The summed E-state index contributed by atoms with van der Waals surface area (Å²) >= 11 is 0. The number of carbonyl (C=O) groups is 1. The lowest BCUT2D eigenvalue weighted by molar-refractivity contribution is 0.0597. The molecule has 0 aliphatic rings. The fraction of sp³-hybridized carbons (Fsp3) is 0.133. The number of anilines is 1. The van der Waals surface area contributed by atoms with Gasteiger partial charge in [-0.15, -0.1) is 0 Å². The number of methoxy groups -OCH3 is 2. The second-order valence-electron chi connectivity index (χ2n) is 4.21. The number of aromatic nitrogens is 1. The predicted octanol–water partition coefficient (Wildman–Crippen LogP) is 2.14. The van der Waals surface area contributed by atoms with Crippen LogP contribution in [0.25, 0.3) is 11.1 Å². The summed E-state index contributed by atoms with van der Waals surface area (Å²) < 4.78 is 23.9. The van der Waals surface area contributed by atoms with E-state index >= 15 is 0 Å². The molecule has 0 bridgehead atoms. The van der Waals surface area contributed by atoms with Gasteiger partial charge < -0.3 is 15.2 Å². The zero-order valence-electron chi connectivity index (χ0n) is 11.9. The van der Waals surface area contributed by atoms with Gasteiger partial charge in [-0.25, -0.2) is 9.18 Å². The first-order valence-electron chi connectivity index (χ1n) is 6.15. The predicted molar refractivity (Wildman–Crippen MR) is 76.6 cm³/mol. The van der Waals surface area contributed by atoms with Crippen molar-refractivity contribution in [2.45, 2.75) is 0 Å². The van der Waals surface area contributed by atoms with Crippen LogP contribution < -0.4 is 10.5 Å². The van der Waals surface area contributed by atoms with Crippen LogP contribution in [0.15, 0.2) is 24.3 Å². The van der Waals surface area contributed by atoms with Gasteiger partial charge in [-0.05, 0) is 6.07 Å². The van der Waals surface area contributed by atoms with Crippen molar-refractivity contribution in [1.29, 1.82) is 5.26 Å². The van der Waals surface area contributed by atoms with Gasteiger partial charge in [0, 0.05) is 11.1 Å². The van der Waals surface area contributed by atoms with Crippen molar-refractivity contribution >= 4 is 11.8 Å². The van der Waals surface area contributed by atoms with Gasteiger partial charge in [0.2, 0.25) is 5.88 Å². The lowest BCUT2D eigenvalue weighted by Crippen LogP contribution is -2.12. The molecule has 0 saturated carbocycles. The molecule has 0 aliphatic heterocycles. The minimum atomic E-state index is -0.806. The van der Waals surface area contributed by atoms with Crippen LogP contribution in [-0.2, 0) is 4.74 Å². The first-order valence-corrected chi connectivity index (χ1v) is 6.15. The SMILES string of the molecule is COC(=O)c1c(OC)nc(N)c(C#N)c1-c1ccccc1F. The quantitative estimate of drug-likeness (QED) is 0.872. The Balaban J connectivity index is 2.96. The van der Waals surface area contributed by atoms with Crippen molar-refractivity contribution in [1.82, 2.24) is 4.98 Å². The van der Waals surface area contributed by atoms with Gasteiger partial charge in [0.05, 0.1) is 14.2 Å². The average Bonchev–Trinajstić information content (AvgIpc) is 2.53. The van der Waals surface area contributed by atoms with E-state index in [9.17, 15) is 14.4 Å². The second kappa shape index (κ2) is 6.10. The topological polar surface area (TPSA) is 98.2 Å². The highest BCUT2D eigenvalue weighted by molar-refractivity contribution is 6.02. The number of ether oxygens (including phenoxy) is 2. The number of nitrogens with two attached hydrogens (primary N) is 1. The van der Waals surface area contributed by atoms with E-state index < -0.39 is 11.8 Å². The minimum Gasteiger partial charge on any atom is -0.480 e. The van der Waals surface area contributed by atoms with E-state index in [2.05, 4.69) is 9.72 Å². The number of esters is 1. The van der Waals surface area contributed by atoms with Crippen molar-refractivity contribution in [3.63, 3.8) is 0 Å². The lowest BCUT2D eigenvalue weighted by Gasteiger charge is -2.15. The molecule has 2 N–H and O–H groups in total. The maximum absolute atomic E-state index is 14.1. The van der Waals surface area contributed by atoms with Crippen molar-refractivity contribution in [2.24, 2.45) is 0 Å². The molecule has 112 valence electrons. The first-order chi connectivity index (χ1) is 10.5. The molecule has 22 heavy (non-hydrogen) atoms. The number of nitrogen functional groups attached to an aromatic ring is 1. The number of hydrogen-bond donors (Lipinski definition) is 1. The molecule has 0 aliphatic carbocycles. The van der Waals surface area contributed by atoms with Gasteiger partial charge in [-0.1, -0.05) is 18.2 Å². The van der Waals surface area contributed by atoms with E-state index in [0.717, 1.165) is 7.11 Å². The summed E-state index contributed by atoms with van der Waals surface area (Å²) in [6.45, 7) is 0. The Morgan fingerprint density at radius 2 is 2.05 bits per heavy atom. The van der Waals surface area contributed by atoms with Crippen LogP contribution in [0.2, 0.25) is 0 Å². The molecule has 0 atom stereocenters. The summed E-state index contributed by atoms with van der Waals surface area (Å²) in [6, 6.07) is 7.54. The summed E-state index contributed by atoms with van der Waals surface area (Å²) in [5, 5.41) is 9.31. The van der Waals surface area contributed by atoms with Crippen molar-refractivity contribution < 1.29 is 18.7 Å². The van der Waals surface area contributed by atoms with Crippen LogP contribution in [0.5, 0.6) is 5.88 Å². The van der Waals surface area contributed by atoms with Crippen LogP contribution in [-0.4, -0.2) is 25.2 Å². The second-order valence-corrected chi connectivity index (χ2v) is 4.21. The number of hydrogen-bond acceptors (Lipinski definition) is 6. The summed E-state index contributed by atoms with van der Waals surface area (Å²) in [4.78, 5) is 15.9. The number of nitriles is 1. The molecule has 0 unspecified atom stereocenters. The third-order valence-electron chi connectivity index (χ3n) is 3.03. The Kier molecular flexibility index (Phi) is 4.23. The maximum Gasteiger partial charge on any atom is 0.344 e. The van der Waals surface area contributed by atoms with Gasteiger partial charge in [0.25, 0.3) is 0 Å². The minimum absolute atomic E-state index is 0.00296. The van der Waals surface area contributed by atoms with Gasteiger partial charge in [-0.2, -0.15) is 10.2 Å². The standard InChI is InChI=1S/C15H12FN3O3/c1-21-14-12(15(20)22-2)11(9(7-17)13(18)19-14)8-5-3-4-6-10(8)16/h3-6H,1-2H3,(H2,18,19). The lowest BCUT2D eigenvalue weighted by atomic mass is 9.95. The van der Waals surface area contributed by atoms with E-state index in [1.165, 1.54) is 25.3 Å². The molecular weight excluding hydrogens is 289 g/mol. The summed E-state index contributed by atoms with van der Waals surface area (Å²) in [5.41, 5.74) is 5.48. The first kappa shape index (κ1) is 15.3. The van der Waals surface area contributed by atoms with E-state index in [-0.39, 0.29) is 34.0 Å². The summed E-state index contributed by atoms with van der Waals surface area (Å²) in [7, 11) is 2.45. The Hall–Kier alpha value is -3.14. The fourth-order valence-electron chi connectivity index (χ4n) is 2.07. The molecule has 0 spiro atoms. The van der Waals surface area contributed by atoms with Crippen molar-refractivity contribution in [3.8, 4) is 23.1 Å². The molecule has 0 saturated heterocycles. The van der Waals surface area contributed by atoms with Crippen LogP contribution in [0, 0.1) is 17.1 Å².